The molecule has 0 radical (unpaired) electrons. The fourth-order valence-electron chi connectivity index (χ4n) is 1.08. The van der Waals surface area contributed by atoms with Gasteiger partial charge in [-0.05, 0) is 6.92 Å². The van der Waals surface area contributed by atoms with Crippen LogP contribution in [0.3, 0.4) is 0 Å². The molecule has 0 amide bonds. The highest BCUT2D eigenvalue weighted by Crippen LogP contribution is 2.03. The summed E-state index contributed by atoms with van der Waals surface area (Å²) in [6.45, 7) is 1.70. The van der Waals surface area contributed by atoms with Crippen LogP contribution >= 0.6 is 0 Å². The highest BCUT2D eigenvalue weighted by atomic mass is 16.7. The summed E-state index contributed by atoms with van der Waals surface area (Å²) in [5, 5.41) is 11.6. The maximum Gasteiger partial charge on any atom is 0.340 e. The molecular formula is C11H19NO6. The van der Waals surface area contributed by atoms with Crippen LogP contribution in [0.4, 0.5) is 0 Å². The van der Waals surface area contributed by atoms with Crippen LogP contribution in [0.2, 0.25) is 0 Å². The normalized spacial score (nSPS) is 13.5. The summed E-state index contributed by atoms with van der Waals surface area (Å²) >= 11 is 0. The number of carbonyl (C=O) groups excluding carboxylic acids is 1. The van der Waals surface area contributed by atoms with Crippen molar-refractivity contribution < 1.29 is 28.9 Å². The molecule has 7 nitrogen and oxygen atoms in total. The summed E-state index contributed by atoms with van der Waals surface area (Å²) < 4.78 is 14.6. The molecular weight excluding hydrogens is 242 g/mol. The first kappa shape index (κ1) is 16.6. The third kappa shape index (κ3) is 5.26. The van der Waals surface area contributed by atoms with Gasteiger partial charge in [0, 0.05) is 27.5 Å². The molecule has 0 fully saturated rings. The Morgan fingerprint density at radius 3 is 2.17 bits per heavy atom. The fourth-order valence-corrected chi connectivity index (χ4v) is 1.08. The Morgan fingerprint density at radius 2 is 1.78 bits per heavy atom. The minimum absolute atomic E-state index is 0.221. The molecule has 0 aromatic heterocycles. The number of rotatable bonds is 9. The van der Waals surface area contributed by atoms with Crippen LogP contribution in [-0.2, 0) is 23.8 Å². The molecule has 0 aliphatic rings. The van der Waals surface area contributed by atoms with Gasteiger partial charge in [-0.1, -0.05) is 0 Å². The highest BCUT2D eigenvalue weighted by molar-refractivity contribution is 6.18. The molecule has 1 unspecified atom stereocenters. The number of carboxylic acid groups (broad SMARTS) is 1. The second-order valence-electron chi connectivity index (χ2n) is 3.41. The van der Waals surface area contributed by atoms with E-state index >= 15 is 0 Å². The van der Waals surface area contributed by atoms with Crippen LogP contribution in [0.5, 0.6) is 0 Å². The molecule has 1 atom stereocenters. The van der Waals surface area contributed by atoms with Gasteiger partial charge in [-0.25, -0.2) is 4.79 Å². The van der Waals surface area contributed by atoms with Crippen molar-refractivity contribution in [2.45, 2.75) is 19.3 Å². The molecule has 0 rings (SSSR count). The molecule has 0 heterocycles. The second-order valence-corrected chi connectivity index (χ2v) is 3.41. The second kappa shape index (κ2) is 8.62. The Labute approximate surface area is 106 Å². The maximum atomic E-state index is 11.7. The average molecular weight is 261 g/mol. The quantitative estimate of drug-likeness (QED) is 0.256. The number of hydrogen-bond donors (Lipinski definition) is 2. The van der Waals surface area contributed by atoms with Gasteiger partial charge in [0.05, 0.1) is 6.54 Å². The predicted molar refractivity (Wildman–Crippen MR) is 63.0 cm³/mol. The van der Waals surface area contributed by atoms with Gasteiger partial charge in [0.15, 0.2) is 12.1 Å². The third-order valence-corrected chi connectivity index (χ3v) is 2.28. The minimum atomic E-state index is -1.32. The van der Waals surface area contributed by atoms with Crippen LogP contribution in [0, 0.1) is 0 Å². The first-order valence-corrected chi connectivity index (χ1v) is 5.27. The van der Waals surface area contributed by atoms with Crippen LogP contribution in [-0.4, -0.2) is 57.1 Å². The van der Waals surface area contributed by atoms with E-state index in [0.717, 1.165) is 6.20 Å². The molecule has 2 N–H and O–H groups in total. The molecule has 0 bridgehead atoms. The van der Waals surface area contributed by atoms with Gasteiger partial charge in [-0.3, -0.25) is 4.79 Å². The first-order chi connectivity index (χ1) is 8.47. The smallest absolute Gasteiger partial charge is 0.340 e. The summed E-state index contributed by atoms with van der Waals surface area (Å²) in [4.78, 5) is 22.6. The Morgan fingerprint density at radius 1 is 1.22 bits per heavy atom. The average Bonchev–Trinajstić information content (AvgIpc) is 2.37. The van der Waals surface area contributed by atoms with Crippen molar-refractivity contribution in [3.05, 3.63) is 11.8 Å². The van der Waals surface area contributed by atoms with Gasteiger partial charge in [0.2, 0.25) is 0 Å². The maximum absolute atomic E-state index is 11.7. The lowest BCUT2D eigenvalue weighted by molar-refractivity contribution is -0.136. The van der Waals surface area contributed by atoms with Gasteiger partial charge in [-0.15, -0.1) is 0 Å². The SMILES string of the molecule is COC(CN/C=C(\C(=O)O)C(=O)C(C)OC)OC. The zero-order valence-electron chi connectivity index (χ0n) is 10.9. The number of Topliss-reactive ketones (excluding diaryl/α,β-unsaturated/α-hetero) is 1. The molecule has 0 spiro atoms. The topological polar surface area (TPSA) is 94.1 Å². The van der Waals surface area contributed by atoms with Crippen LogP contribution in [0.1, 0.15) is 6.92 Å². The molecule has 0 saturated carbocycles. The van der Waals surface area contributed by atoms with Crippen molar-refractivity contribution in [2.24, 2.45) is 0 Å². The van der Waals surface area contributed by atoms with Gasteiger partial charge < -0.3 is 24.6 Å². The third-order valence-electron chi connectivity index (χ3n) is 2.28. The monoisotopic (exact) mass is 261 g/mol. The summed E-state index contributed by atoms with van der Waals surface area (Å²) in [6, 6.07) is 0. The summed E-state index contributed by atoms with van der Waals surface area (Å²) in [7, 11) is 4.24. The van der Waals surface area contributed by atoms with Crippen molar-refractivity contribution in [2.75, 3.05) is 27.9 Å². The number of carbonyl (C=O) groups is 2. The van der Waals surface area contributed by atoms with Crippen molar-refractivity contribution >= 4 is 11.8 Å². The molecule has 0 saturated heterocycles. The molecule has 0 aromatic carbocycles. The van der Waals surface area contributed by atoms with E-state index in [9.17, 15) is 9.59 Å². The molecule has 0 aliphatic carbocycles. The van der Waals surface area contributed by atoms with E-state index in [-0.39, 0.29) is 12.1 Å². The van der Waals surface area contributed by atoms with E-state index in [0.29, 0.717) is 0 Å². The number of hydrogen-bond acceptors (Lipinski definition) is 6. The zero-order chi connectivity index (χ0) is 14.1. The Kier molecular flexibility index (Phi) is 7.93. The zero-order valence-corrected chi connectivity index (χ0v) is 10.9. The minimum Gasteiger partial charge on any atom is -0.478 e. The van der Waals surface area contributed by atoms with Gasteiger partial charge in [0.1, 0.15) is 11.7 Å². The lowest BCUT2D eigenvalue weighted by atomic mass is 10.1. The predicted octanol–water partition coefficient (Wildman–Crippen LogP) is -0.233. The standard InChI is InChI=1S/C11H19NO6/c1-7(16-2)10(13)8(11(14)15)5-12-6-9(17-3)18-4/h5,7,9,12H,6H2,1-4H3,(H,14,15)/b8-5-. The van der Waals surface area contributed by atoms with E-state index < -0.39 is 24.1 Å². The van der Waals surface area contributed by atoms with Gasteiger partial charge >= 0.3 is 5.97 Å². The largest absolute Gasteiger partial charge is 0.478 e. The van der Waals surface area contributed by atoms with Gasteiger partial charge in [-0.2, -0.15) is 0 Å². The van der Waals surface area contributed by atoms with E-state index in [1.807, 2.05) is 0 Å². The fraction of sp³-hybridized carbons (Fsp3) is 0.636. The van der Waals surface area contributed by atoms with Crippen LogP contribution in [0.25, 0.3) is 0 Å². The van der Waals surface area contributed by atoms with Crippen LogP contribution < -0.4 is 5.32 Å². The molecule has 0 aromatic rings. The first-order valence-electron chi connectivity index (χ1n) is 5.27. The van der Waals surface area contributed by atoms with E-state index in [4.69, 9.17) is 19.3 Å². The lowest BCUT2D eigenvalue weighted by Crippen LogP contribution is -2.30. The summed E-state index contributed by atoms with van der Waals surface area (Å²) in [5.41, 5.74) is -0.379. The number of ketones is 1. The number of nitrogens with one attached hydrogen (secondary N) is 1. The number of carboxylic acids is 1. The van der Waals surface area contributed by atoms with Crippen molar-refractivity contribution in [1.82, 2.24) is 5.32 Å². The van der Waals surface area contributed by atoms with E-state index in [1.54, 1.807) is 0 Å². The van der Waals surface area contributed by atoms with Crippen LogP contribution in [0.15, 0.2) is 11.8 Å². The van der Waals surface area contributed by atoms with Gasteiger partial charge in [0.25, 0.3) is 0 Å². The number of methoxy groups -OCH3 is 3. The Balaban J connectivity index is 4.61. The van der Waals surface area contributed by atoms with Crippen molar-refractivity contribution in [3.63, 3.8) is 0 Å². The summed E-state index contributed by atoms with van der Waals surface area (Å²) in [5.74, 6) is -1.92. The van der Waals surface area contributed by atoms with Crippen molar-refractivity contribution in [1.29, 1.82) is 0 Å². The Hall–Kier alpha value is -1.44. The van der Waals surface area contributed by atoms with Crippen molar-refractivity contribution in [3.8, 4) is 0 Å². The number of aliphatic carboxylic acids is 1. The highest BCUT2D eigenvalue weighted by Gasteiger charge is 2.22. The molecule has 18 heavy (non-hydrogen) atoms. The number of ether oxygens (including phenoxy) is 3. The van der Waals surface area contributed by atoms with E-state index in [1.165, 1.54) is 28.3 Å². The molecule has 104 valence electrons. The lowest BCUT2D eigenvalue weighted by Gasteiger charge is -2.13. The Bertz CT molecular complexity index is 311. The molecule has 7 heteroatoms. The summed E-state index contributed by atoms with van der Waals surface area (Å²) in [6.07, 6.45) is -0.216. The van der Waals surface area contributed by atoms with E-state index in [2.05, 4.69) is 5.32 Å². The molecule has 0 aliphatic heterocycles.